The smallest absolute Gasteiger partial charge is 0.137 e. The summed E-state index contributed by atoms with van der Waals surface area (Å²) in [6, 6.07) is 6.10. The standard InChI is InChI=1S/C14H13BrN4S/c1-8-6-16-14(20-8)9(2)19-13-11-5-10(15)3-4-12(11)17-7-18-13/h3-7,9H,1-2H3,(H,17,18,19). The third-order valence-corrected chi connectivity index (χ3v) is 4.55. The second-order valence-electron chi connectivity index (χ2n) is 4.56. The second kappa shape index (κ2) is 5.46. The van der Waals surface area contributed by atoms with Gasteiger partial charge in [0.2, 0.25) is 0 Å². The van der Waals surface area contributed by atoms with Gasteiger partial charge in [0, 0.05) is 20.9 Å². The molecule has 0 spiro atoms. The van der Waals surface area contributed by atoms with Crippen LogP contribution in [-0.2, 0) is 0 Å². The van der Waals surface area contributed by atoms with E-state index in [1.165, 1.54) is 4.88 Å². The van der Waals surface area contributed by atoms with E-state index in [2.05, 4.69) is 50.0 Å². The lowest BCUT2D eigenvalue weighted by molar-refractivity contribution is 0.862. The molecule has 0 aliphatic rings. The largest absolute Gasteiger partial charge is 0.360 e. The molecule has 2 aromatic heterocycles. The molecule has 0 aliphatic heterocycles. The summed E-state index contributed by atoms with van der Waals surface area (Å²) < 4.78 is 1.01. The number of aryl methyl sites for hydroxylation is 1. The van der Waals surface area contributed by atoms with Gasteiger partial charge in [-0.1, -0.05) is 15.9 Å². The van der Waals surface area contributed by atoms with E-state index >= 15 is 0 Å². The lowest BCUT2D eigenvalue weighted by Crippen LogP contribution is -2.08. The van der Waals surface area contributed by atoms with Gasteiger partial charge in [-0.05, 0) is 32.0 Å². The minimum atomic E-state index is 0.116. The van der Waals surface area contributed by atoms with Crippen LogP contribution in [0, 0.1) is 6.92 Å². The maximum atomic E-state index is 4.41. The highest BCUT2D eigenvalue weighted by Crippen LogP contribution is 2.27. The van der Waals surface area contributed by atoms with Crippen molar-refractivity contribution in [3.05, 3.63) is 45.1 Å². The van der Waals surface area contributed by atoms with Crippen LogP contribution >= 0.6 is 27.3 Å². The lowest BCUT2D eigenvalue weighted by Gasteiger charge is -2.13. The molecule has 0 fully saturated rings. The Morgan fingerprint density at radius 2 is 2.10 bits per heavy atom. The third-order valence-electron chi connectivity index (χ3n) is 2.96. The summed E-state index contributed by atoms with van der Waals surface area (Å²) in [6.07, 6.45) is 3.48. The van der Waals surface area contributed by atoms with Crippen LogP contribution in [0.1, 0.15) is 22.9 Å². The fourth-order valence-electron chi connectivity index (χ4n) is 1.98. The molecule has 0 aliphatic carbocycles. The number of hydrogen-bond donors (Lipinski definition) is 1. The zero-order valence-corrected chi connectivity index (χ0v) is 13.5. The van der Waals surface area contributed by atoms with Crippen molar-refractivity contribution < 1.29 is 0 Å². The van der Waals surface area contributed by atoms with Gasteiger partial charge in [0.15, 0.2) is 0 Å². The third kappa shape index (κ3) is 2.66. The Balaban J connectivity index is 1.96. The predicted molar refractivity (Wildman–Crippen MR) is 86.1 cm³/mol. The van der Waals surface area contributed by atoms with Gasteiger partial charge in [-0.25, -0.2) is 15.0 Å². The fraction of sp³-hybridized carbons (Fsp3) is 0.214. The summed E-state index contributed by atoms with van der Waals surface area (Å²) in [5.41, 5.74) is 0.924. The van der Waals surface area contributed by atoms with Crippen LogP contribution < -0.4 is 5.32 Å². The van der Waals surface area contributed by atoms with Crippen molar-refractivity contribution in [3.8, 4) is 0 Å². The van der Waals surface area contributed by atoms with Crippen molar-refractivity contribution in [2.75, 3.05) is 5.32 Å². The summed E-state index contributed by atoms with van der Waals surface area (Å²) in [5, 5.41) is 5.48. The summed E-state index contributed by atoms with van der Waals surface area (Å²) in [5.74, 6) is 0.830. The number of hydrogen-bond acceptors (Lipinski definition) is 5. The zero-order valence-electron chi connectivity index (χ0n) is 11.1. The Kier molecular flexibility index (Phi) is 3.67. The topological polar surface area (TPSA) is 50.7 Å². The first kappa shape index (κ1) is 13.5. The number of anilines is 1. The van der Waals surface area contributed by atoms with E-state index in [-0.39, 0.29) is 6.04 Å². The molecular weight excluding hydrogens is 336 g/mol. The van der Waals surface area contributed by atoms with Crippen LogP contribution in [0.25, 0.3) is 10.9 Å². The molecule has 0 radical (unpaired) electrons. The van der Waals surface area contributed by atoms with Gasteiger partial charge in [0.25, 0.3) is 0 Å². The van der Waals surface area contributed by atoms with Crippen molar-refractivity contribution >= 4 is 44.0 Å². The Morgan fingerprint density at radius 3 is 2.85 bits per heavy atom. The Morgan fingerprint density at radius 1 is 1.25 bits per heavy atom. The first-order valence-corrected chi connectivity index (χ1v) is 7.83. The van der Waals surface area contributed by atoms with Crippen molar-refractivity contribution in [2.45, 2.75) is 19.9 Å². The summed E-state index contributed by atoms with van der Waals surface area (Å²) >= 11 is 5.18. The van der Waals surface area contributed by atoms with Crippen molar-refractivity contribution in [3.63, 3.8) is 0 Å². The van der Waals surface area contributed by atoms with Gasteiger partial charge in [-0.15, -0.1) is 11.3 Å². The minimum absolute atomic E-state index is 0.116. The van der Waals surface area contributed by atoms with E-state index in [1.807, 2.05) is 24.4 Å². The number of rotatable bonds is 3. The lowest BCUT2D eigenvalue weighted by atomic mass is 10.2. The first-order valence-electron chi connectivity index (χ1n) is 6.22. The molecule has 0 saturated heterocycles. The van der Waals surface area contributed by atoms with Gasteiger partial charge in [-0.3, -0.25) is 0 Å². The molecule has 0 bridgehead atoms. The number of benzene rings is 1. The maximum absolute atomic E-state index is 4.41. The Bertz CT molecular complexity index is 756. The van der Waals surface area contributed by atoms with Gasteiger partial charge in [-0.2, -0.15) is 0 Å². The summed E-state index contributed by atoms with van der Waals surface area (Å²) in [6.45, 7) is 4.15. The molecule has 2 heterocycles. The number of thiazole rings is 1. The highest BCUT2D eigenvalue weighted by molar-refractivity contribution is 9.10. The van der Waals surface area contributed by atoms with Crippen molar-refractivity contribution in [1.82, 2.24) is 15.0 Å². The highest BCUT2D eigenvalue weighted by Gasteiger charge is 2.12. The Labute approximate surface area is 129 Å². The quantitative estimate of drug-likeness (QED) is 0.765. The molecule has 3 rings (SSSR count). The average molecular weight is 349 g/mol. The van der Waals surface area contributed by atoms with Crippen LogP contribution in [0.2, 0.25) is 0 Å². The monoisotopic (exact) mass is 348 g/mol. The van der Waals surface area contributed by atoms with E-state index < -0.39 is 0 Å². The molecule has 20 heavy (non-hydrogen) atoms. The molecule has 1 N–H and O–H groups in total. The normalized spacial score (nSPS) is 12.6. The van der Waals surface area contributed by atoms with E-state index in [0.29, 0.717) is 0 Å². The van der Waals surface area contributed by atoms with Crippen LogP contribution in [-0.4, -0.2) is 15.0 Å². The summed E-state index contributed by atoms with van der Waals surface area (Å²) in [4.78, 5) is 14.3. The molecule has 6 heteroatoms. The molecule has 1 aromatic carbocycles. The molecule has 102 valence electrons. The summed E-state index contributed by atoms with van der Waals surface area (Å²) in [7, 11) is 0. The Hall–Kier alpha value is -1.53. The van der Waals surface area contributed by atoms with Crippen LogP contribution in [0.4, 0.5) is 5.82 Å². The highest BCUT2D eigenvalue weighted by atomic mass is 79.9. The molecule has 0 saturated carbocycles. The molecule has 0 amide bonds. The predicted octanol–water partition coefficient (Wildman–Crippen LogP) is 4.33. The molecule has 4 nitrogen and oxygen atoms in total. The SMILES string of the molecule is Cc1cnc(C(C)Nc2ncnc3ccc(Br)cc23)s1. The maximum Gasteiger partial charge on any atom is 0.137 e. The first-order chi connectivity index (χ1) is 9.63. The van der Waals surface area contributed by atoms with Crippen LogP contribution in [0.15, 0.2) is 35.2 Å². The van der Waals surface area contributed by atoms with E-state index in [0.717, 1.165) is 26.2 Å². The zero-order chi connectivity index (χ0) is 14.1. The van der Waals surface area contributed by atoms with E-state index in [4.69, 9.17) is 0 Å². The van der Waals surface area contributed by atoms with Gasteiger partial charge < -0.3 is 5.32 Å². The van der Waals surface area contributed by atoms with Crippen molar-refractivity contribution in [2.24, 2.45) is 0 Å². The van der Waals surface area contributed by atoms with Crippen molar-refractivity contribution in [1.29, 1.82) is 0 Å². The van der Waals surface area contributed by atoms with Crippen LogP contribution in [0.5, 0.6) is 0 Å². The fourth-order valence-corrected chi connectivity index (χ4v) is 3.12. The molecule has 1 atom stereocenters. The number of halogens is 1. The van der Waals surface area contributed by atoms with Crippen LogP contribution in [0.3, 0.4) is 0 Å². The number of fused-ring (bicyclic) bond motifs is 1. The second-order valence-corrected chi connectivity index (χ2v) is 6.74. The van der Waals surface area contributed by atoms with E-state index in [1.54, 1.807) is 17.7 Å². The molecule has 1 unspecified atom stereocenters. The number of nitrogens with one attached hydrogen (secondary N) is 1. The van der Waals surface area contributed by atoms with Gasteiger partial charge in [0.1, 0.15) is 17.2 Å². The number of aromatic nitrogens is 3. The number of nitrogens with zero attached hydrogens (tertiary/aromatic N) is 3. The van der Waals surface area contributed by atoms with E-state index in [9.17, 15) is 0 Å². The molecular formula is C14H13BrN4S. The molecule has 3 aromatic rings. The van der Waals surface area contributed by atoms with Gasteiger partial charge in [0.05, 0.1) is 11.6 Å². The van der Waals surface area contributed by atoms with Gasteiger partial charge >= 0.3 is 0 Å². The average Bonchev–Trinajstić information content (AvgIpc) is 2.86. The minimum Gasteiger partial charge on any atom is -0.360 e.